The van der Waals surface area contributed by atoms with Crippen LogP contribution in [0.2, 0.25) is 0 Å². The first-order valence-electron chi connectivity index (χ1n) is 7.13. The van der Waals surface area contributed by atoms with Gasteiger partial charge in [-0.1, -0.05) is 30.3 Å². The molecule has 1 aromatic heterocycles. The van der Waals surface area contributed by atoms with Crippen molar-refractivity contribution in [1.82, 2.24) is 14.8 Å². The van der Waals surface area contributed by atoms with E-state index in [2.05, 4.69) is 16.2 Å². The number of aromatic nitrogens is 3. The van der Waals surface area contributed by atoms with Gasteiger partial charge in [0, 0.05) is 7.05 Å². The molecule has 2 aromatic rings. The number of aliphatic hydroxyl groups is 1. The zero-order valence-electron chi connectivity index (χ0n) is 12.0. The average molecular weight is 282 g/mol. The molecule has 0 unspecified atom stereocenters. The summed E-state index contributed by atoms with van der Waals surface area (Å²) in [5.41, 5.74) is -0.459. The Balaban J connectivity index is 1.87. The first-order valence-corrected chi connectivity index (χ1v) is 7.13. The van der Waals surface area contributed by atoms with E-state index < -0.39 is 11.0 Å². The Labute approximate surface area is 123 Å². The fraction of sp³-hybridized carbons (Fsp3) is 0.438. The van der Waals surface area contributed by atoms with E-state index >= 15 is 0 Å². The number of rotatable bonds is 2. The summed E-state index contributed by atoms with van der Waals surface area (Å²) in [5.74, 6) is 0.585. The third kappa shape index (κ3) is 2.22. The Morgan fingerprint density at radius 1 is 1.19 bits per heavy atom. The fourth-order valence-corrected chi connectivity index (χ4v) is 3.25. The van der Waals surface area contributed by atoms with E-state index in [9.17, 15) is 10.4 Å². The van der Waals surface area contributed by atoms with Gasteiger partial charge < -0.3 is 5.11 Å². The molecule has 1 aromatic carbocycles. The van der Waals surface area contributed by atoms with E-state index in [1.807, 2.05) is 30.3 Å². The van der Waals surface area contributed by atoms with Crippen LogP contribution in [-0.4, -0.2) is 19.9 Å². The Kier molecular flexibility index (Phi) is 3.26. The third-order valence-electron chi connectivity index (χ3n) is 4.60. The molecule has 0 saturated heterocycles. The van der Waals surface area contributed by atoms with Crippen molar-refractivity contribution in [2.24, 2.45) is 7.05 Å². The van der Waals surface area contributed by atoms with Gasteiger partial charge in [0.05, 0.1) is 11.5 Å². The van der Waals surface area contributed by atoms with Crippen LogP contribution in [0.1, 0.15) is 37.1 Å². The Bertz CT molecular complexity index is 663. The number of hydrogen-bond acceptors (Lipinski definition) is 4. The van der Waals surface area contributed by atoms with Crippen molar-refractivity contribution in [2.45, 2.75) is 36.7 Å². The van der Waals surface area contributed by atoms with Crippen LogP contribution in [0.3, 0.4) is 0 Å². The summed E-state index contributed by atoms with van der Waals surface area (Å²) in [6, 6.07) is 12.3. The predicted molar refractivity (Wildman–Crippen MR) is 77.1 cm³/mol. The van der Waals surface area contributed by atoms with Crippen LogP contribution in [0, 0.1) is 11.3 Å². The van der Waals surface area contributed by atoms with Crippen molar-refractivity contribution >= 4 is 0 Å². The van der Waals surface area contributed by atoms with Crippen LogP contribution >= 0.6 is 0 Å². The Morgan fingerprint density at radius 3 is 2.38 bits per heavy atom. The van der Waals surface area contributed by atoms with E-state index in [1.54, 1.807) is 11.7 Å². The smallest absolute Gasteiger partial charge is 0.158 e. The highest BCUT2D eigenvalue weighted by molar-refractivity contribution is 5.33. The molecule has 0 amide bonds. The summed E-state index contributed by atoms with van der Waals surface area (Å²) in [6.07, 6.45) is 3.73. The van der Waals surface area contributed by atoms with Gasteiger partial charge in [-0.3, -0.25) is 4.68 Å². The van der Waals surface area contributed by atoms with Crippen molar-refractivity contribution in [1.29, 1.82) is 5.26 Å². The summed E-state index contributed by atoms with van der Waals surface area (Å²) in [5, 5.41) is 24.6. The molecule has 0 bridgehead atoms. The molecule has 5 heteroatoms. The maximum absolute atomic E-state index is 10.9. The number of nitrogens with zero attached hydrogens (tertiary/aromatic N) is 4. The second-order valence-corrected chi connectivity index (χ2v) is 5.80. The fourth-order valence-electron chi connectivity index (χ4n) is 3.25. The number of nitriles is 1. The molecule has 1 fully saturated rings. The Morgan fingerprint density at radius 2 is 1.86 bits per heavy atom. The molecule has 0 spiro atoms. The second kappa shape index (κ2) is 4.97. The van der Waals surface area contributed by atoms with Crippen LogP contribution < -0.4 is 0 Å². The minimum atomic E-state index is -0.986. The summed E-state index contributed by atoms with van der Waals surface area (Å²) in [7, 11) is 1.78. The molecule has 3 rings (SSSR count). The van der Waals surface area contributed by atoms with Gasteiger partial charge in [-0.15, -0.1) is 0 Å². The van der Waals surface area contributed by atoms with Crippen molar-refractivity contribution < 1.29 is 5.11 Å². The molecule has 1 aliphatic rings. The van der Waals surface area contributed by atoms with Crippen LogP contribution in [0.25, 0.3) is 0 Å². The molecule has 0 aliphatic heterocycles. The monoisotopic (exact) mass is 282 g/mol. The van der Waals surface area contributed by atoms with Gasteiger partial charge in [-0.05, 0) is 31.2 Å². The normalized spacial score (nSPS) is 29.0. The number of hydrogen-bond donors (Lipinski definition) is 1. The lowest BCUT2D eigenvalue weighted by atomic mass is 9.66. The van der Waals surface area contributed by atoms with Gasteiger partial charge in [-0.2, -0.15) is 10.4 Å². The largest absolute Gasteiger partial charge is 0.382 e. The van der Waals surface area contributed by atoms with Crippen molar-refractivity contribution in [3.63, 3.8) is 0 Å². The van der Waals surface area contributed by atoms with Gasteiger partial charge in [0.15, 0.2) is 5.82 Å². The molecule has 1 saturated carbocycles. The van der Waals surface area contributed by atoms with Crippen molar-refractivity contribution in [2.75, 3.05) is 0 Å². The number of aryl methyl sites for hydroxylation is 1. The summed E-state index contributed by atoms with van der Waals surface area (Å²) < 4.78 is 1.61. The van der Waals surface area contributed by atoms with Crippen molar-refractivity contribution in [3.05, 3.63) is 48.0 Å². The molecular weight excluding hydrogens is 264 g/mol. The molecule has 108 valence electrons. The van der Waals surface area contributed by atoms with E-state index in [0.29, 0.717) is 31.5 Å². The Hall–Kier alpha value is -2.19. The van der Waals surface area contributed by atoms with Crippen LogP contribution in [0.5, 0.6) is 0 Å². The molecular formula is C16H18N4O. The van der Waals surface area contributed by atoms with Gasteiger partial charge in [0.1, 0.15) is 11.9 Å². The van der Waals surface area contributed by atoms with Gasteiger partial charge in [0.25, 0.3) is 0 Å². The lowest BCUT2D eigenvalue weighted by Gasteiger charge is -2.39. The lowest BCUT2D eigenvalue weighted by molar-refractivity contribution is -0.0244. The molecule has 5 nitrogen and oxygen atoms in total. The molecule has 1 heterocycles. The molecule has 21 heavy (non-hydrogen) atoms. The molecule has 0 radical (unpaired) electrons. The van der Waals surface area contributed by atoms with E-state index in [4.69, 9.17) is 0 Å². The van der Waals surface area contributed by atoms with Gasteiger partial charge in [0.2, 0.25) is 0 Å². The predicted octanol–water partition coefficient (Wildman–Crippen LogP) is 2.04. The summed E-state index contributed by atoms with van der Waals surface area (Å²) in [4.78, 5) is 4.18. The lowest BCUT2D eigenvalue weighted by Crippen LogP contribution is -2.40. The highest BCUT2D eigenvalue weighted by atomic mass is 16.3. The van der Waals surface area contributed by atoms with Gasteiger partial charge in [-0.25, -0.2) is 4.98 Å². The van der Waals surface area contributed by atoms with E-state index in [-0.39, 0.29) is 0 Å². The first-order chi connectivity index (χ1) is 10.1. The minimum Gasteiger partial charge on any atom is -0.382 e. The summed E-state index contributed by atoms with van der Waals surface area (Å²) in [6.45, 7) is 0. The quantitative estimate of drug-likeness (QED) is 0.914. The zero-order valence-corrected chi connectivity index (χ0v) is 12.0. The average Bonchev–Trinajstić information content (AvgIpc) is 2.96. The van der Waals surface area contributed by atoms with E-state index in [0.717, 1.165) is 5.56 Å². The van der Waals surface area contributed by atoms with Crippen LogP contribution in [0.15, 0.2) is 36.7 Å². The topological polar surface area (TPSA) is 74.7 Å². The maximum atomic E-state index is 10.9. The van der Waals surface area contributed by atoms with Crippen LogP contribution in [-0.2, 0) is 18.1 Å². The third-order valence-corrected chi connectivity index (χ3v) is 4.60. The highest BCUT2D eigenvalue weighted by Crippen LogP contribution is 2.46. The standard InChI is InChI=1S/C16H18N4O/c1-20-14(18-12-19-20)16(21)9-7-15(11-17,8-10-16)13-5-3-2-4-6-13/h2-6,12,21H,7-10H2,1H3/t15-,16-. The minimum absolute atomic E-state index is 0.508. The summed E-state index contributed by atoms with van der Waals surface area (Å²) >= 11 is 0. The highest BCUT2D eigenvalue weighted by Gasteiger charge is 2.45. The maximum Gasteiger partial charge on any atom is 0.158 e. The SMILES string of the molecule is Cn1ncnc1[C@]1(O)CC[C@](C#N)(c2ccccc2)CC1. The van der Waals surface area contributed by atoms with Crippen molar-refractivity contribution in [3.8, 4) is 6.07 Å². The van der Waals surface area contributed by atoms with E-state index in [1.165, 1.54) is 6.33 Å². The first kappa shape index (κ1) is 13.8. The molecule has 1 aliphatic carbocycles. The zero-order chi connectivity index (χ0) is 14.9. The van der Waals surface area contributed by atoms with Crippen LogP contribution in [0.4, 0.5) is 0 Å². The van der Waals surface area contributed by atoms with Gasteiger partial charge >= 0.3 is 0 Å². The number of benzene rings is 1. The molecule has 0 atom stereocenters. The molecule has 1 N–H and O–H groups in total. The second-order valence-electron chi connectivity index (χ2n) is 5.80.